The zero-order chi connectivity index (χ0) is 11.7. The molecule has 0 aliphatic carbocycles. The van der Waals surface area contributed by atoms with Crippen LogP contribution in [0.5, 0.6) is 0 Å². The number of nitrogens with zero attached hydrogens (tertiary/aromatic N) is 1. The van der Waals surface area contributed by atoms with Gasteiger partial charge in [0.05, 0.1) is 5.46 Å². The first kappa shape index (κ1) is 10.8. The Kier molecular flexibility index (Phi) is 2.76. The number of aryl methyl sites for hydroxylation is 1. The molecule has 0 fully saturated rings. The van der Waals surface area contributed by atoms with Crippen LogP contribution in [0.2, 0.25) is 0 Å². The van der Waals surface area contributed by atoms with E-state index in [0.29, 0.717) is 17.0 Å². The summed E-state index contributed by atoms with van der Waals surface area (Å²) in [5.74, 6) is -0.0376. The Bertz CT molecular complexity index is 495. The van der Waals surface area contributed by atoms with E-state index in [1.807, 2.05) is 0 Å². The minimum absolute atomic E-state index is 0.201. The predicted molar refractivity (Wildman–Crippen MR) is 56.5 cm³/mol. The smallest absolute Gasteiger partial charge is 0.423 e. The van der Waals surface area contributed by atoms with Crippen molar-refractivity contribution in [1.82, 2.24) is 5.16 Å². The molecule has 2 rings (SSSR count). The van der Waals surface area contributed by atoms with Gasteiger partial charge in [-0.15, -0.1) is 0 Å². The monoisotopic (exact) mass is 221 g/mol. The summed E-state index contributed by atoms with van der Waals surface area (Å²) in [7, 11) is -1.66. The summed E-state index contributed by atoms with van der Waals surface area (Å²) in [6.45, 7) is 1.58. The van der Waals surface area contributed by atoms with Crippen molar-refractivity contribution in [1.29, 1.82) is 0 Å². The van der Waals surface area contributed by atoms with E-state index >= 15 is 0 Å². The normalized spacial score (nSPS) is 10.5. The van der Waals surface area contributed by atoms with Gasteiger partial charge in [-0.3, -0.25) is 0 Å². The Labute approximate surface area is 91.5 Å². The molecular weight excluding hydrogens is 212 g/mol. The van der Waals surface area contributed by atoms with Crippen LogP contribution in [0.3, 0.4) is 0 Å². The first-order valence-corrected chi connectivity index (χ1v) is 4.68. The molecule has 0 saturated heterocycles. The Hall–Kier alpha value is -1.66. The number of hydrogen-bond acceptors (Lipinski definition) is 4. The SMILES string of the molecule is Cc1onc(-c2ccc(F)cc2)c1B(O)O. The summed E-state index contributed by atoms with van der Waals surface area (Å²) in [4.78, 5) is 0. The van der Waals surface area contributed by atoms with Crippen LogP contribution in [0.1, 0.15) is 5.76 Å². The molecule has 0 amide bonds. The van der Waals surface area contributed by atoms with Gasteiger partial charge in [-0.25, -0.2) is 4.39 Å². The van der Waals surface area contributed by atoms with E-state index in [-0.39, 0.29) is 11.3 Å². The van der Waals surface area contributed by atoms with Crippen LogP contribution < -0.4 is 5.46 Å². The molecule has 2 aromatic rings. The molecule has 1 heterocycles. The molecule has 0 aliphatic heterocycles. The van der Waals surface area contributed by atoms with Gasteiger partial charge in [0.2, 0.25) is 0 Å². The summed E-state index contributed by atoms with van der Waals surface area (Å²) in [5.41, 5.74) is 1.08. The van der Waals surface area contributed by atoms with Crippen LogP contribution >= 0.6 is 0 Å². The van der Waals surface area contributed by atoms with Gasteiger partial charge in [-0.05, 0) is 31.2 Å². The maximum absolute atomic E-state index is 12.7. The van der Waals surface area contributed by atoms with E-state index in [2.05, 4.69) is 5.16 Å². The van der Waals surface area contributed by atoms with Crippen molar-refractivity contribution < 1.29 is 19.0 Å². The highest BCUT2D eigenvalue weighted by Gasteiger charge is 2.24. The highest BCUT2D eigenvalue weighted by Crippen LogP contribution is 2.17. The molecule has 0 spiro atoms. The second kappa shape index (κ2) is 4.07. The number of rotatable bonds is 2. The Morgan fingerprint density at radius 1 is 1.25 bits per heavy atom. The Morgan fingerprint density at radius 3 is 2.44 bits per heavy atom. The fourth-order valence-corrected chi connectivity index (χ4v) is 1.50. The molecule has 16 heavy (non-hydrogen) atoms. The van der Waals surface area contributed by atoms with Crippen molar-refractivity contribution in [2.75, 3.05) is 0 Å². The lowest BCUT2D eigenvalue weighted by Gasteiger charge is -2.00. The lowest BCUT2D eigenvalue weighted by atomic mass is 9.77. The summed E-state index contributed by atoms with van der Waals surface area (Å²) in [6, 6.07) is 5.54. The molecule has 0 atom stereocenters. The largest absolute Gasteiger partial charge is 0.494 e. The maximum atomic E-state index is 12.7. The molecule has 1 aromatic heterocycles. The van der Waals surface area contributed by atoms with Gasteiger partial charge in [-0.2, -0.15) is 0 Å². The minimum Gasteiger partial charge on any atom is -0.423 e. The Morgan fingerprint density at radius 2 is 1.88 bits per heavy atom. The average molecular weight is 221 g/mol. The second-order valence-electron chi connectivity index (χ2n) is 3.38. The summed E-state index contributed by atoms with van der Waals surface area (Å²) >= 11 is 0. The number of hydrogen-bond donors (Lipinski definition) is 2. The molecule has 2 N–H and O–H groups in total. The maximum Gasteiger partial charge on any atom is 0.494 e. The first-order valence-electron chi connectivity index (χ1n) is 4.68. The van der Waals surface area contributed by atoms with Crippen molar-refractivity contribution in [3.8, 4) is 11.3 Å². The molecule has 0 radical (unpaired) electrons. The van der Waals surface area contributed by atoms with Gasteiger partial charge in [0.25, 0.3) is 0 Å². The molecule has 0 aliphatic rings. The fourth-order valence-electron chi connectivity index (χ4n) is 1.50. The third kappa shape index (κ3) is 1.85. The van der Waals surface area contributed by atoms with E-state index in [1.165, 1.54) is 24.3 Å². The van der Waals surface area contributed by atoms with Crippen LogP contribution in [-0.4, -0.2) is 22.3 Å². The van der Waals surface area contributed by atoms with Crippen LogP contribution in [0.25, 0.3) is 11.3 Å². The standard InChI is InChI=1S/C10H9BFNO3/c1-6-9(11(14)15)10(13-16-6)7-2-4-8(12)5-3-7/h2-5,14-15H,1H3. The van der Waals surface area contributed by atoms with E-state index in [0.717, 1.165) is 0 Å². The van der Waals surface area contributed by atoms with Crippen molar-refractivity contribution >= 4 is 12.6 Å². The lowest BCUT2D eigenvalue weighted by molar-refractivity contribution is 0.397. The van der Waals surface area contributed by atoms with Crippen molar-refractivity contribution in [2.45, 2.75) is 6.92 Å². The first-order chi connectivity index (χ1) is 7.59. The van der Waals surface area contributed by atoms with Gasteiger partial charge in [0.1, 0.15) is 17.3 Å². The Balaban J connectivity index is 2.52. The molecule has 4 nitrogen and oxygen atoms in total. The number of aromatic nitrogens is 1. The van der Waals surface area contributed by atoms with Crippen LogP contribution in [-0.2, 0) is 0 Å². The van der Waals surface area contributed by atoms with E-state index in [1.54, 1.807) is 6.92 Å². The van der Waals surface area contributed by atoms with Gasteiger partial charge in [0.15, 0.2) is 0 Å². The predicted octanol–water partition coefficient (Wildman–Crippen LogP) is 0.469. The quantitative estimate of drug-likeness (QED) is 0.723. The minimum atomic E-state index is -1.66. The zero-order valence-electron chi connectivity index (χ0n) is 8.51. The van der Waals surface area contributed by atoms with Crippen LogP contribution in [0, 0.1) is 12.7 Å². The zero-order valence-corrected chi connectivity index (χ0v) is 8.51. The number of benzene rings is 1. The lowest BCUT2D eigenvalue weighted by Crippen LogP contribution is -2.32. The third-order valence-electron chi connectivity index (χ3n) is 2.28. The molecule has 0 unspecified atom stereocenters. The van der Waals surface area contributed by atoms with Crippen molar-refractivity contribution in [3.05, 3.63) is 35.8 Å². The van der Waals surface area contributed by atoms with Crippen molar-refractivity contribution in [2.24, 2.45) is 0 Å². The molecule has 0 saturated carbocycles. The van der Waals surface area contributed by atoms with Gasteiger partial charge in [0, 0.05) is 5.56 Å². The highest BCUT2D eigenvalue weighted by atomic mass is 19.1. The third-order valence-corrected chi connectivity index (χ3v) is 2.28. The molecule has 1 aromatic carbocycles. The van der Waals surface area contributed by atoms with Gasteiger partial charge >= 0.3 is 7.12 Å². The van der Waals surface area contributed by atoms with Crippen molar-refractivity contribution in [3.63, 3.8) is 0 Å². The fraction of sp³-hybridized carbons (Fsp3) is 0.100. The molecule has 0 bridgehead atoms. The second-order valence-corrected chi connectivity index (χ2v) is 3.38. The van der Waals surface area contributed by atoms with Crippen LogP contribution in [0.15, 0.2) is 28.8 Å². The van der Waals surface area contributed by atoms with Gasteiger partial charge in [-0.1, -0.05) is 5.16 Å². The molecular formula is C10H9BFNO3. The topological polar surface area (TPSA) is 66.5 Å². The average Bonchev–Trinajstić information content (AvgIpc) is 2.61. The van der Waals surface area contributed by atoms with Crippen LogP contribution in [0.4, 0.5) is 4.39 Å². The van der Waals surface area contributed by atoms with E-state index in [9.17, 15) is 14.4 Å². The summed E-state index contributed by atoms with van der Waals surface area (Å²) in [5, 5.41) is 22.1. The van der Waals surface area contributed by atoms with E-state index < -0.39 is 7.12 Å². The number of halogens is 1. The summed E-state index contributed by atoms with van der Waals surface area (Å²) < 4.78 is 17.6. The highest BCUT2D eigenvalue weighted by molar-refractivity contribution is 6.60. The molecule has 6 heteroatoms. The van der Waals surface area contributed by atoms with E-state index in [4.69, 9.17) is 4.52 Å². The molecule has 82 valence electrons. The summed E-state index contributed by atoms with van der Waals surface area (Å²) in [6.07, 6.45) is 0. The van der Waals surface area contributed by atoms with Gasteiger partial charge < -0.3 is 14.6 Å².